The first-order valence-corrected chi connectivity index (χ1v) is 6.38. The van der Waals surface area contributed by atoms with Crippen LogP contribution in [0.5, 0.6) is 6.01 Å². The van der Waals surface area contributed by atoms with Crippen LogP contribution >= 0.6 is 11.6 Å². The highest BCUT2D eigenvalue weighted by Crippen LogP contribution is 2.13. The number of anilines is 1. The van der Waals surface area contributed by atoms with Crippen LogP contribution in [0, 0.1) is 0 Å². The summed E-state index contributed by atoms with van der Waals surface area (Å²) in [5.74, 6) is 1.28. The van der Waals surface area contributed by atoms with Crippen molar-refractivity contribution in [1.29, 1.82) is 0 Å². The Bertz CT molecular complexity index is 518. The van der Waals surface area contributed by atoms with Crippen molar-refractivity contribution in [2.75, 3.05) is 11.9 Å². The molecule has 2 aromatic rings. The number of hydrogen-bond donors (Lipinski definition) is 1. The maximum atomic E-state index is 5.81. The lowest BCUT2D eigenvalue weighted by atomic mass is 10.2. The summed E-state index contributed by atoms with van der Waals surface area (Å²) in [6, 6.07) is 4.09. The molecule has 2 rings (SSSR count). The molecular formula is C12H15ClN4O2. The summed E-state index contributed by atoms with van der Waals surface area (Å²) in [7, 11) is 0. The third-order valence-corrected chi connectivity index (χ3v) is 2.49. The smallest absolute Gasteiger partial charge is 0.322 e. The fourth-order valence-electron chi connectivity index (χ4n) is 1.59. The van der Waals surface area contributed by atoms with Crippen molar-refractivity contribution in [3.8, 4) is 6.01 Å². The first kappa shape index (κ1) is 13.6. The second kappa shape index (κ2) is 6.38. The van der Waals surface area contributed by atoms with Crippen molar-refractivity contribution >= 4 is 17.5 Å². The molecule has 2 heterocycles. The zero-order chi connectivity index (χ0) is 13.7. The van der Waals surface area contributed by atoms with Crippen LogP contribution in [0.2, 0.25) is 5.28 Å². The molecule has 7 heteroatoms. The van der Waals surface area contributed by atoms with Crippen LogP contribution in [0.3, 0.4) is 0 Å². The van der Waals surface area contributed by atoms with Crippen LogP contribution < -0.4 is 10.1 Å². The number of furan rings is 1. The third kappa shape index (κ3) is 4.10. The van der Waals surface area contributed by atoms with Crippen molar-refractivity contribution in [3.05, 3.63) is 29.4 Å². The number of ether oxygens (including phenoxy) is 1. The summed E-state index contributed by atoms with van der Waals surface area (Å²) in [6.45, 7) is 4.33. The molecule has 0 saturated heterocycles. The number of halogens is 1. The fraction of sp³-hybridized carbons (Fsp3) is 0.417. The van der Waals surface area contributed by atoms with Crippen molar-refractivity contribution in [3.63, 3.8) is 0 Å². The third-order valence-electron chi connectivity index (χ3n) is 2.32. The Morgan fingerprint density at radius 3 is 2.95 bits per heavy atom. The van der Waals surface area contributed by atoms with E-state index in [4.69, 9.17) is 20.8 Å². The highest BCUT2D eigenvalue weighted by molar-refractivity contribution is 6.28. The molecule has 102 valence electrons. The molecule has 0 saturated carbocycles. The second-order valence-corrected chi connectivity index (χ2v) is 4.31. The molecular weight excluding hydrogens is 268 g/mol. The largest absolute Gasteiger partial charge is 0.469 e. The molecule has 1 unspecified atom stereocenters. The summed E-state index contributed by atoms with van der Waals surface area (Å²) in [4.78, 5) is 12.0. The van der Waals surface area contributed by atoms with Crippen LogP contribution in [0.25, 0.3) is 0 Å². The van der Waals surface area contributed by atoms with Crippen LogP contribution in [0.15, 0.2) is 22.8 Å². The predicted molar refractivity (Wildman–Crippen MR) is 71.5 cm³/mol. The Morgan fingerprint density at radius 2 is 2.26 bits per heavy atom. The Kier molecular flexibility index (Phi) is 4.57. The van der Waals surface area contributed by atoms with Crippen LogP contribution in [0.4, 0.5) is 5.95 Å². The maximum absolute atomic E-state index is 5.81. The Labute approximate surface area is 116 Å². The van der Waals surface area contributed by atoms with Crippen molar-refractivity contribution in [2.45, 2.75) is 26.3 Å². The van der Waals surface area contributed by atoms with Gasteiger partial charge in [-0.3, -0.25) is 0 Å². The average Bonchev–Trinajstić information content (AvgIpc) is 2.81. The van der Waals surface area contributed by atoms with Gasteiger partial charge in [0.15, 0.2) is 0 Å². The molecule has 0 bridgehead atoms. The SMILES string of the molecule is CCOc1nc(Cl)nc(NC(C)Cc2ccco2)n1. The van der Waals surface area contributed by atoms with Gasteiger partial charge < -0.3 is 14.5 Å². The van der Waals surface area contributed by atoms with Crippen LogP contribution in [-0.2, 0) is 6.42 Å². The molecule has 0 spiro atoms. The van der Waals surface area contributed by atoms with E-state index in [1.807, 2.05) is 26.0 Å². The van der Waals surface area contributed by atoms with Gasteiger partial charge in [-0.1, -0.05) is 0 Å². The Morgan fingerprint density at radius 1 is 1.42 bits per heavy atom. The molecule has 6 nitrogen and oxygen atoms in total. The van der Waals surface area contributed by atoms with Gasteiger partial charge in [-0.2, -0.15) is 15.0 Å². The van der Waals surface area contributed by atoms with E-state index in [2.05, 4.69) is 20.3 Å². The summed E-state index contributed by atoms with van der Waals surface area (Å²) in [6.07, 6.45) is 2.37. The van der Waals surface area contributed by atoms with Gasteiger partial charge in [-0.15, -0.1) is 0 Å². The number of nitrogens with one attached hydrogen (secondary N) is 1. The molecule has 0 aliphatic heterocycles. The zero-order valence-electron chi connectivity index (χ0n) is 10.8. The van der Waals surface area contributed by atoms with Gasteiger partial charge in [0.05, 0.1) is 12.9 Å². The maximum Gasteiger partial charge on any atom is 0.322 e. The first-order chi connectivity index (χ1) is 9.17. The summed E-state index contributed by atoms with van der Waals surface area (Å²) in [5, 5.41) is 3.24. The van der Waals surface area contributed by atoms with Gasteiger partial charge >= 0.3 is 6.01 Å². The van der Waals surface area contributed by atoms with E-state index < -0.39 is 0 Å². The number of aromatic nitrogens is 3. The molecule has 1 atom stereocenters. The lowest BCUT2D eigenvalue weighted by Crippen LogP contribution is -2.20. The van der Waals surface area contributed by atoms with E-state index >= 15 is 0 Å². The lowest BCUT2D eigenvalue weighted by Gasteiger charge is -2.12. The predicted octanol–water partition coefficient (Wildman–Crippen LogP) is 2.56. The molecule has 1 N–H and O–H groups in total. The van der Waals surface area contributed by atoms with E-state index in [0.717, 1.165) is 12.2 Å². The van der Waals surface area contributed by atoms with E-state index in [1.165, 1.54) is 0 Å². The van der Waals surface area contributed by atoms with E-state index in [-0.39, 0.29) is 17.3 Å². The molecule has 0 aliphatic rings. The van der Waals surface area contributed by atoms with E-state index in [9.17, 15) is 0 Å². The van der Waals surface area contributed by atoms with Gasteiger partial charge in [-0.25, -0.2) is 0 Å². The molecule has 0 aliphatic carbocycles. The number of rotatable bonds is 6. The minimum Gasteiger partial charge on any atom is -0.469 e. The lowest BCUT2D eigenvalue weighted by molar-refractivity contribution is 0.312. The molecule has 0 fully saturated rings. The van der Waals surface area contributed by atoms with E-state index in [0.29, 0.717) is 12.6 Å². The topological polar surface area (TPSA) is 73.1 Å². The Balaban J connectivity index is 2.01. The van der Waals surface area contributed by atoms with Gasteiger partial charge in [-0.05, 0) is 37.6 Å². The van der Waals surface area contributed by atoms with Crippen molar-refractivity contribution < 1.29 is 9.15 Å². The second-order valence-electron chi connectivity index (χ2n) is 3.97. The summed E-state index contributed by atoms with van der Waals surface area (Å²) < 4.78 is 10.5. The zero-order valence-corrected chi connectivity index (χ0v) is 11.5. The standard InChI is InChI=1S/C12H15ClN4O2/c1-3-18-12-16-10(13)15-11(17-12)14-8(2)7-9-5-4-6-19-9/h4-6,8H,3,7H2,1-2H3,(H,14,15,16,17). The number of nitrogens with zero attached hydrogens (tertiary/aromatic N) is 3. The summed E-state index contributed by atoms with van der Waals surface area (Å²) in [5.41, 5.74) is 0. The summed E-state index contributed by atoms with van der Waals surface area (Å²) >= 11 is 5.81. The fourth-order valence-corrected chi connectivity index (χ4v) is 1.74. The van der Waals surface area contributed by atoms with Crippen LogP contribution in [0.1, 0.15) is 19.6 Å². The Hall–Kier alpha value is -1.82. The van der Waals surface area contributed by atoms with Gasteiger partial charge in [0.2, 0.25) is 11.2 Å². The molecule has 19 heavy (non-hydrogen) atoms. The highest BCUT2D eigenvalue weighted by atomic mass is 35.5. The van der Waals surface area contributed by atoms with E-state index in [1.54, 1.807) is 6.26 Å². The first-order valence-electron chi connectivity index (χ1n) is 6.00. The van der Waals surface area contributed by atoms with Crippen molar-refractivity contribution in [1.82, 2.24) is 15.0 Å². The highest BCUT2D eigenvalue weighted by Gasteiger charge is 2.10. The van der Waals surface area contributed by atoms with Gasteiger partial charge in [0, 0.05) is 12.5 Å². The van der Waals surface area contributed by atoms with Crippen LogP contribution in [-0.4, -0.2) is 27.6 Å². The quantitative estimate of drug-likeness (QED) is 0.878. The monoisotopic (exact) mass is 282 g/mol. The molecule has 2 aromatic heterocycles. The number of hydrogen-bond acceptors (Lipinski definition) is 6. The van der Waals surface area contributed by atoms with Crippen molar-refractivity contribution in [2.24, 2.45) is 0 Å². The molecule has 0 amide bonds. The minimum atomic E-state index is 0.0964. The molecule has 0 radical (unpaired) electrons. The average molecular weight is 283 g/mol. The minimum absolute atomic E-state index is 0.0964. The van der Waals surface area contributed by atoms with Gasteiger partial charge in [0.25, 0.3) is 0 Å². The van der Waals surface area contributed by atoms with Gasteiger partial charge in [0.1, 0.15) is 5.76 Å². The normalized spacial score (nSPS) is 12.2. The molecule has 0 aromatic carbocycles.